The molecule has 0 aromatic heterocycles. The van der Waals surface area contributed by atoms with Crippen LogP contribution < -0.4 is 5.32 Å². The first-order chi connectivity index (χ1) is 8.89. The third-order valence-electron chi connectivity index (χ3n) is 4.38. The van der Waals surface area contributed by atoms with Crippen molar-refractivity contribution in [3.8, 4) is 0 Å². The lowest BCUT2D eigenvalue weighted by Crippen LogP contribution is -2.42. The molecule has 3 atom stereocenters. The van der Waals surface area contributed by atoms with E-state index in [2.05, 4.69) is 44.8 Å². The summed E-state index contributed by atoms with van der Waals surface area (Å²) in [5, 5.41) is 3.64. The van der Waals surface area contributed by atoms with Gasteiger partial charge in [0.05, 0.1) is 5.60 Å². The summed E-state index contributed by atoms with van der Waals surface area (Å²) >= 11 is 2.08. The van der Waals surface area contributed by atoms with Crippen molar-refractivity contribution in [3.63, 3.8) is 0 Å². The van der Waals surface area contributed by atoms with Gasteiger partial charge in [-0.05, 0) is 70.6 Å². The van der Waals surface area contributed by atoms with E-state index in [1.807, 2.05) is 0 Å². The first kappa shape index (κ1) is 15.7. The van der Waals surface area contributed by atoms with Gasteiger partial charge in [-0.1, -0.05) is 6.92 Å². The molecule has 0 radical (unpaired) electrons. The Labute approximate surface area is 123 Å². The van der Waals surface area contributed by atoms with Gasteiger partial charge >= 0.3 is 0 Å². The van der Waals surface area contributed by atoms with Gasteiger partial charge in [0.15, 0.2) is 0 Å². The normalized spacial score (nSPS) is 33.8. The van der Waals surface area contributed by atoms with Gasteiger partial charge < -0.3 is 10.1 Å². The highest BCUT2D eigenvalue weighted by Gasteiger charge is 2.40. The number of rotatable bonds is 4. The van der Waals surface area contributed by atoms with Crippen LogP contribution in [0.2, 0.25) is 0 Å². The fourth-order valence-electron chi connectivity index (χ4n) is 3.33. The molecule has 2 rings (SSSR count). The molecule has 3 heteroatoms. The van der Waals surface area contributed by atoms with Gasteiger partial charge in [-0.25, -0.2) is 0 Å². The summed E-state index contributed by atoms with van der Waals surface area (Å²) < 4.78 is 6.12. The summed E-state index contributed by atoms with van der Waals surface area (Å²) in [5.74, 6) is 4.18. The smallest absolute Gasteiger partial charge is 0.0783 e. The second kappa shape index (κ2) is 6.36. The van der Waals surface area contributed by atoms with Crippen LogP contribution in [0.1, 0.15) is 53.4 Å². The molecule has 2 heterocycles. The van der Waals surface area contributed by atoms with E-state index in [9.17, 15) is 0 Å². The zero-order valence-electron chi connectivity index (χ0n) is 13.1. The molecule has 2 nitrogen and oxygen atoms in total. The topological polar surface area (TPSA) is 21.3 Å². The van der Waals surface area contributed by atoms with Crippen LogP contribution in [0.15, 0.2) is 0 Å². The Bertz CT molecular complexity index is 281. The first-order valence-corrected chi connectivity index (χ1v) is 9.01. The van der Waals surface area contributed by atoms with Crippen molar-refractivity contribution < 1.29 is 4.74 Å². The fraction of sp³-hybridized carbons (Fsp3) is 1.00. The molecule has 0 saturated carbocycles. The molecular weight excluding hydrogens is 254 g/mol. The van der Waals surface area contributed by atoms with Crippen molar-refractivity contribution in [3.05, 3.63) is 0 Å². The average Bonchev–Trinajstić information content (AvgIpc) is 2.74. The van der Waals surface area contributed by atoms with Crippen LogP contribution in [0.25, 0.3) is 0 Å². The zero-order valence-corrected chi connectivity index (χ0v) is 13.9. The van der Waals surface area contributed by atoms with Crippen LogP contribution in [0.5, 0.6) is 0 Å². The summed E-state index contributed by atoms with van der Waals surface area (Å²) in [5.41, 5.74) is 0.498. The van der Waals surface area contributed by atoms with E-state index < -0.39 is 0 Å². The molecular formula is C16H31NOS. The van der Waals surface area contributed by atoms with Crippen molar-refractivity contribution in [2.24, 2.45) is 11.8 Å². The van der Waals surface area contributed by atoms with E-state index in [1.54, 1.807) is 0 Å². The maximum atomic E-state index is 6.12. The van der Waals surface area contributed by atoms with E-state index >= 15 is 0 Å². The molecule has 0 aliphatic carbocycles. The maximum Gasteiger partial charge on any atom is 0.0783 e. The van der Waals surface area contributed by atoms with Gasteiger partial charge in [-0.3, -0.25) is 0 Å². The van der Waals surface area contributed by atoms with Crippen LogP contribution in [0.3, 0.4) is 0 Å². The fourth-order valence-corrected chi connectivity index (χ4v) is 4.70. The quantitative estimate of drug-likeness (QED) is 0.851. The van der Waals surface area contributed by atoms with Gasteiger partial charge in [0.25, 0.3) is 0 Å². The Morgan fingerprint density at radius 1 is 1.42 bits per heavy atom. The molecule has 2 saturated heterocycles. The van der Waals surface area contributed by atoms with E-state index in [0.717, 1.165) is 25.0 Å². The summed E-state index contributed by atoms with van der Waals surface area (Å²) in [6.07, 6.45) is 5.22. The van der Waals surface area contributed by atoms with Crippen LogP contribution in [0.4, 0.5) is 0 Å². The molecule has 0 aromatic carbocycles. The monoisotopic (exact) mass is 285 g/mol. The van der Waals surface area contributed by atoms with Gasteiger partial charge in [-0.2, -0.15) is 11.8 Å². The summed E-state index contributed by atoms with van der Waals surface area (Å²) in [7, 11) is 0. The predicted molar refractivity (Wildman–Crippen MR) is 84.9 cm³/mol. The molecule has 0 aromatic rings. The van der Waals surface area contributed by atoms with Crippen molar-refractivity contribution in [2.75, 3.05) is 24.7 Å². The highest BCUT2D eigenvalue weighted by Crippen LogP contribution is 2.41. The Morgan fingerprint density at radius 2 is 2.21 bits per heavy atom. The Kier molecular flexibility index (Phi) is 5.24. The summed E-state index contributed by atoms with van der Waals surface area (Å²) in [6.45, 7) is 11.3. The number of hydrogen-bond acceptors (Lipinski definition) is 3. The van der Waals surface area contributed by atoms with Gasteiger partial charge in [-0.15, -0.1) is 0 Å². The van der Waals surface area contributed by atoms with Crippen molar-refractivity contribution in [1.82, 2.24) is 5.32 Å². The van der Waals surface area contributed by atoms with E-state index in [4.69, 9.17) is 4.74 Å². The lowest BCUT2D eigenvalue weighted by atomic mass is 9.81. The molecule has 2 aliphatic heterocycles. The average molecular weight is 285 g/mol. The van der Waals surface area contributed by atoms with Crippen LogP contribution in [0, 0.1) is 11.8 Å². The maximum absolute atomic E-state index is 6.12. The first-order valence-electron chi connectivity index (χ1n) is 7.85. The molecule has 3 unspecified atom stereocenters. The summed E-state index contributed by atoms with van der Waals surface area (Å²) in [4.78, 5) is 0. The van der Waals surface area contributed by atoms with Gasteiger partial charge in [0.1, 0.15) is 0 Å². The third kappa shape index (κ3) is 4.95. The predicted octanol–water partition coefficient (Wildman–Crippen LogP) is 3.70. The molecule has 1 spiro atoms. The Balaban J connectivity index is 1.75. The van der Waals surface area contributed by atoms with E-state index in [1.165, 1.54) is 37.2 Å². The Morgan fingerprint density at radius 3 is 2.84 bits per heavy atom. The standard InChI is InChI=1S/C16H31NOS/c1-13(11-17-15(2,3)4)9-14-5-7-18-16(10-14)6-8-19-12-16/h13-14,17H,5-12H2,1-4H3. The molecule has 2 fully saturated rings. The molecule has 2 aliphatic rings. The van der Waals surface area contributed by atoms with Crippen LogP contribution >= 0.6 is 11.8 Å². The van der Waals surface area contributed by atoms with Crippen molar-refractivity contribution in [1.29, 1.82) is 0 Å². The minimum absolute atomic E-state index is 0.243. The summed E-state index contributed by atoms with van der Waals surface area (Å²) in [6, 6.07) is 0. The zero-order chi connectivity index (χ0) is 13.9. The number of ether oxygens (including phenoxy) is 1. The molecule has 0 bridgehead atoms. The van der Waals surface area contributed by atoms with Crippen LogP contribution in [-0.4, -0.2) is 35.8 Å². The van der Waals surface area contributed by atoms with Gasteiger partial charge in [0.2, 0.25) is 0 Å². The largest absolute Gasteiger partial charge is 0.374 e. The lowest BCUT2D eigenvalue weighted by molar-refractivity contribution is -0.0823. The van der Waals surface area contributed by atoms with Crippen LogP contribution in [-0.2, 0) is 4.74 Å². The van der Waals surface area contributed by atoms with Crippen molar-refractivity contribution in [2.45, 2.75) is 64.5 Å². The molecule has 1 N–H and O–H groups in total. The number of nitrogens with one attached hydrogen (secondary N) is 1. The minimum atomic E-state index is 0.243. The highest BCUT2D eigenvalue weighted by molar-refractivity contribution is 7.99. The highest BCUT2D eigenvalue weighted by atomic mass is 32.2. The minimum Gasteiger partial charge on any atom is -0.374 e. The molecule has 112 valence electrons. The van der Waals surface area contributed by atoms with E-state index in [-0.39, 0.29) is 11.1 Å². The lowest BCUT2D eigenvalue weighted by Gasteiger charge is -2.39. The third-order valence-corrected chi connectivity index (χ3v) is 5.60. The second-order valence-corrected chi connectivity index (χ2v) is 8.77. The second-order valence-electron chi connectivity index (χ2n) is 7.66. The Hall–Kier alpha value is 0.270. The van der Waals surface area contributed by atoms with Gasteiger partial charge in [0, 0.05) is 17.9 Å². The molecule has 19 heavy (non-hydrogen) atoms. The number of thioether (sulfide) groups is 1. The SMILES string of the molecule is CC(CNC(C)(C)C)CC1CCOC2(CCSC2)C1. The van der Waals surface area contributed by atoms with E-state index in [0.29, 0.717) is 0 Å². The number of hydrogen-bond donors (Lipinski definition) is 1. The van der Waals surface area contributed by atoms with Crippen molar-refractivity contribution >= 4 is 11.8 Å². The molecule has 0 amide bonds.